The summed E-state index contributed by atoms with van der Waals surface area (Å²) in [5.41, 5.74) is 2.45. The van der Waals surface area contributed by atoms with E-state index in [9.17, 15) is 0 Å². The summed E-state index contributed by atoms with van der Waals surface area (Å²) in [6.45, 7) is 2.62. The Kier molecular flexibility index (Phi) is 4.14. The first-order valence-electron chi connectivity index (χ1n) is 6.33. The van der Waals surface area contributed by atoms with Crippen molar-refractivity contribution >= 4 is 11.9 Å². The zero-order valence-corrected chi connectivity index (χ0v) is 10.9. The van der Waals surface area contributed by atoms with Crippen LogP contribution in [-0.2, 0) is 0 Å². The van der Waals surface area contributed by atoms with Crippen molar-refractivity contribution in [3.05, 3.63) is 0 Å². The molecular formula is C11H20N6O. The number of hydrogen-bond donors (Lipinski definition) is 2. The normalized spacial score (nSPS) is 15.1. The number of aromatic nitrogens is 3. The van der Waals surface area contributed by atoms with E-state index in [4.69, 9.17) is 10.6 Å². The Morgan fingerprint density at radius 3 is 2.72 bits per heavy atom. The number of nitrogen functional groups attached to an aromatic ring is 1. The summed E-state index contributed by atoms with van der Waals surface area (Å²) in [7, 11) is 1.99. The van der Waals surface area contributed by atoms with Crippen molar-refractivity contribution in [2.24, 2.45) is 5.84 Å². The lowest BCUT2D eigenvalue weighted by Gasteiger charge is -2.34. The molecule has 7 nitrogen and oxygen atoms in total. The Labute approximate surface area is 107 Å². The molecule has 1 saturated carbocycles. The van der Waals surface area contributed by atoms with Gasteiger partial charge in [-0.3, -0.25) is 5.43 Å². The van der Waals surface area contributed by atoms with E-state index in [-0.39, 0.29) is 0 Å². The molecule has 7 heteroatoms. The molecule has 1 fully saturated rings. The van der Waals surface area contributed by atoms with Crippen molar-refractivity contribution in [1.82, 2.24) is 15.0 Å². The van der Waals surface area contributed by atoms with Crippen molar-refractivity contribution in [3.63, 3.8) is 0 Å². The van der Waals surface area contributed by atoms with Gasteiger partial charge in [-0.1, -0.05) is 6.92 Å². The predicted molar refractivity (Wildman–Crippen MR) is 69.5 cm³/mol. The van der Waals surface area contributed by atoms with Gasteiger partial charge in [0.1, 0.15) is 0 Å². The standard InChI is InChI=1S/C11H20N6O/c1-3-7-18-11-14-9(16-12)13-10(15-11)17(2)8-5-4-6-8/h8H,3-7,12H2,1-2H3,(H,13,14,15,16). The molecule has 3 N–H and O–H groups in total. The van der Waals surface area contributed by atoms with Gasteiger partial charge >= 0.3 is 6.01 Å². The van der Waals surface area contributed by atoms with Crippen LogP contribution in [-0.4, -0.2) is 34.6 Å². The maximum absolute atomic E-state index is 5.44. The molecule has 1 aliphatic rings. The maximum atomic E-state index is 5.44. The van der Waals surface area contributed by atoms with Crippen LogP contribution in [0.2, 0.25) is 0 Å². The molecule has 0 aromatic carbocycles. The zero-order chi connectivity index (χ0) is 13.0. The van der Waals surface area contributed by atoms with Gasteiger partial charge in [0.2, 0.25) is 11.9 Å². The third-order valence-electron chi connectivity index (χ3n) is 3.11. The molecule has 0 unspecified atom stereocenters. The molecule has 18 heavy (non-hydrogen) atoms. The van der Waals surface area contributed by atoms with Crippen LogP contribution in [0.4, 0.5) is 11.9 Å². The van der Waals surface area contributed by atoms with Gasteiger partial charge in [-0.25, -0.2) is 5.84 Å². The van der Waals surface area contributed by atoms with E-state index in [1.165, 1.54) is 19.3 Å². The van der Waals surface area contributed by atoms with Gasteiger partial charge < -0.3 is 9.64 Å². The fourth-order valence-corrected chi connectivity index (χ4v) is 1.76. The number of rotatable bonds is 6. The summed E-state index contributed by atoms with van der Waals surface area (Å²) in [4.78, 5) is 14.7. The Bertz CT molecular complexity index is 395. The first-order valence-corrected chi connectivity index (χ1v) is 6.33. The average Bonchev–Trinajstić information content (AvgIpc) is 2.33. The summed E-state index contributed by atoms with van der Waals surface area (Å²) in [6, 6.07) is 0.832. The van der Waals surface area contributed by atoms with E-state index in [2.05, 4.69) is 25.3 Å². The van der Waals surface area contributed by atoms with Crippen LogP contribution in [0.25, 0.3) is 0 Å². The van der Waals surface area contributed by atoms with Gasteiger partial charge in [0, 0.05) is 13.1 Å². The number of nitrogens with two attached hydrogens (primary N) is 1. The second kappa shape index (κ2) is 5.81. The highest BCUT2D eigenvalue weighted by atomic mass is 16.5. The highest BCUT2D eigenvalue weighted by molar-refractivity contribution is 5.38. The summed E-state index contributed by atoms with van der Waals surface area (Å²) in [5.74, 6) is 6.30. The van der Waals surface area contributed by atoms with Crippen molar-refractivity contribution in [1.29, 1.82) is 0 Å². The van der Waals surface area contributed by atoms with E-state index in [1.807, 2.05) is 14.0 Å². The van der Waals surface area contributed by atoms with E-state index < -0.39 is 0 Å². The third kappa shape index (κ3) is 2.79. The van der Waals surface area contributed by atoms with Crippen molar-refractivity contribution < 1.29 is 4.74 Å². The minimum absolute atomic E-state index is 0.320. The molecule has 0 spiro atoms. The molecule has 100 valence electrons. The largest absolute Gasteiger partial charge is 0.463 e. The molecule has 0 radical (unpaired) electrons. The van der Waals surface area contributed by atoms with Gasteiger partial charge in [0.15, 0.2) is 0 Å². The van der Waals surface area contributed by atoms with Crippen LogP contribution in [0.5, 0.6) is 6.01 Å². The number of hydrazine groups is 1. The number of anilines is 2. The molecule has 1 aromatic rings. The third-order valence-corrected chi connectivity index (χ3v) is 3.11. The lowest BCUT2D eigenvalue weighted by atomic mass is 9.92. The van der Waals surface area contributed by atoms with Gasteiger partial charge in [-0.2, -0.15) is 15.0 Å². The quantitative estimate of drug-likeness (QED) is 0.575. The highest BCUT2D eigenvalue weighted by Gasteiger charge is 2.24. The topological polar surface area (TPSA) is 89.2 Å². The van der Waals surface area contributed by atoms with Crippen LogP contribution in [0.15, 0.2) is 0 Å². The van der Waals surface area contributed by atoms with Crippen molar-refractivity contribution in [2.75, 3.05) is 24.0 Å². The number of ether oxygens (including phenoxy) is 1. The average molecular weight is 252 g/mol. The predicted octanol–water partition coefficient (Wildman–Crippen LogP) is 0.935. The van der Waals surface area contributed by atoms with E-state index in [0.29, 0.717) is 30.6 Å². The number of nitrogens with one attached hydrogen (secondary N) is 1. The lowest BCUT2D eigenvalue weighted by molar-refractivity contribution is 0.291. The van der Waals surface area contributed by atoms with Gasteiger partial charge in [0.25, 0.3) is 0 Å². The van der Waals surface area contributed by atoms with E-state index in [0.717, 1.165) is 6.42 Å². The van der Waals surface area contributed by atoms with Crippen LogP contribution in [0.1, 0.15) is 32.6 Å². The van der Waals surface area contributed by atoms with Gasteiger partial charge in [-0.05, 0) is 25.7 Å². The number of hydrogen-bond acceptors (Lipinski definition) is 7. The maximum Gasteiger partial charge on any atom is 0.323 e. The summed E-state index contributed by atoms with van der Waals surface area (Å²) in [6.07, 6.45) is 4.53. The SMILES string of the molecule is CCCOc1nc(NN)nc(N(C)C2CCC2)n1. The van der Waals surface area contributed by atoms with Gasteiger partial charge in [0.05, 0.1) is 6.61 Å². The molecule has 0 bridgehead atoms. The Morgan fingerprint density at radius 1 is 1.39 bits per heavy atom. The molecule has 1 aliphatic carbocycles. The molecule has 0 aliphatic heterocycles. The molecule has 2 rings (SSSR count). The van der Waals surface area contributed by atoms with Crippen molar-refractivity contribution in [2.45, 2.75) is 38.6 Å². The summed E-state index contributed by atoms with van der Waals surface area (Å²) in [5, 5.41) is 0. The molecule has 0 amide bonds. The molecule has 0 atom stereocenters. The Morgan fingerprint density at radius 2 is 2.17 bits per heavy atom. The van der Waals surface area contributed by atoms with E-state index in [1.54, 1.807) is 0 Å². The summed E-state index contributed by atoms with van der Waals surface area (Å²) < 4.78 is 5.44. The van der Waals surface area contributed by atoms with Crippen LogP contribution in [0, 0.1) is 0 Å². The zero-order valence-electron chi connectivity index (χ0n) is 10.9. The minimum atomic E-state index is 0.320. The van der Waals surface area contributed by atoms with Crippen molar-refractivity contribution in [3.8, 4) is 6.01 Å². The smallest absolute Gasteiger partial charge is 0.323 e. The first-order chi connectivity index (χ1) is 8.74. The Balaban J connectivity index is 2.16. The highest BCUT2D eigenvalue weighted by Crippen LogP contribution is 2.27. The summed E-state index contributed by atoms with van der Waals surface area (Å²) >= 11 is 0. The van der Waals surface area contributed by atoms with Crippen LogP contribution < -0.4 is 20.9 Å². The Hall–Kier alpha value is -1.63. The molecule has 1 heterocycles. The minimum Gasteiger partial charge on any atom is -0.463 e. The van der Waals surface area contributed by atoms with Crippen LogP contribution in [0.3, 0.4) is 0 Å². The second-order valence-electron chi connectivity index (χ2n) is 4.43. The number of nitrogens with zero attached hydrogens (tertiary/aromatic N) is 4. The molecule has 0 saturated heterocycles. The second-order valence-corrected chi connectivity index (χ2v) is 4.43. The molecular weight excluding hydrogens is 232 g/mol. The fraction of sp³-hybridized carbons (Fsp3) is 0.727. The monoisotopic (exact) mass is 252 g/mol. The van der Waals surface area contributed by atoms with Crippen LogP contribution >= 0.6 is 0 Å². The fourth-order valence-electron chi connectivity index (χ4n) is 1.76. The van der Waals surface area contributed by atoms with Gasteiger partial charge in [-0.15, -0.1) is 0 Å². The molecule has 1 aromatic heterocycles. The van der Waals surface area contributed by atoms with E-state index >= 15 is 0 Å². The lowest BCUT2D eigenvalue weighted by Crippen LogP contribution is -2.38. The first kappa shape index (κ1) is 12.8.